The quantitative estimate of drug-likeness (QED) is 0.203. The predicted molar refractivity (Wildman–Crippen MR) is 157 cm³/mol. The fourth-order valence-corrected chi connectivity index (χ4v) is 4.13. The van der Waals surface area contributed by atoms with E-state index in [1.165, 1.54) is 0 Å². The summed E-state index contributed by atoms with van der Waals surface area (Å²) in [4.78, 5) is 33.6. The summed E-state index contributed by atoms with van der Waals surface area (Å²) in [5.74, 6) is -0.130. The van der Waals surface area contributed by atoms with Crippen LogP contribution in [0.3, 0.4) is 0 Å². The van der Waals surface area contributed by atoms with Crippen molar-refractivity contribution in [2.24, 2.45) is 0 Å². The summed E-state index contributed by atoms with van der Waals surface area (Å²) >= 11 is 0. The second-order valence-corrected chi connectivity index (χ2v) is 8.83. The third kappa shape index (κ3) is 7.68. The van der Waals surface area contributed by atoms with Gasteiger partial charge in [0.1, 0.15) is 0 Å². The zero-order valence-electron chi connectivity index (χ0n) is 20.8. The minimum atomic E-state index is -0.0648. The first-order valence-electron chi connectivity index (χ1n) is 11.7. The predicted octanol–water partition coefficient (Wildman–Crippen LogP) is 5.94. The maximum absolute atomic E-state index is 12.3. The molecule has 2 amide bonds. The summed E-state index contributed by atoms with van der Waals surface area (Å²) in [5, 5.41) is 7.47. The molecule has 0 saturated carbocycles. The smallest absolute Gasteiger partial charge is 0.224 e. The molecule has 4 aromatic rings. The fraction of sp³-hybridized carbons (Fsp3) is 0.259. The lowest BCUT2D eigenvalue weighted by molar-refractivity contribution is -0.116. The first-order valence-corrected chi connectivity index (χ1v) is 11.7. The Balaban J connectivity index is 0.00000241. The molecule has 0 fully saturated rings. The van der Waals surface area contributed by atoms with Crippen molar-refractivity contribution in [1.82, 2.24) is 9.97 Å². The molecule has 0 saturated heterocycles. The molecule has 0 spiro atoms. The van der Waals surface area contributed by atoms with Gasteiger partial charge in [-0.15, -0.1) is 24.8 Å². The van der Waals surface area contributed by atoms with Crippen LogP contribution >= 0.6 is 24.8 Å². The van der Waals surface area contributed by atoms with Crippen molar-refractivity contribution in [1.29, 1.82) is 0 Å². The van der Waals surface area contributed by atoms with Crippen molar-refractivity contribution >= 4 is 81.2 Å². The Labute approximate surface area is 228 Å². The Hall–Kier alpha value is -3.62. The van der Waals surface area contributed by atoms with Crippen molar-refractivity contribution in [2.75, 3.05) is 22.1 Å². The Morgan fingerprint density at radius 2 is 1.08 bits per heavy atom. The molecule has 0 aliphatic rings. The van der Waals surface area contributed by atoms with Crippen molar-refractivity contribution < 1.29 is 9.59 Å². The number of amides is 2. The average Bonchev–Trinajstić information content (AvgIpc) is 2.79. The highest BCUT2D eigenvalue weighted by atomic mass is 35.5. The first-order chi connectivity index (χ1) is 16.8. The maximum Gasteiger partial charge on any atom is 0.224 e. The average molecular weight is 543 g/mol. The van der Waals surface area contributed by atoms with Crippen molar-refractivity contribution in [3.05, 3.63) is 59.9 Å². The summed E-state index contributed by atoms with van der Waals surface area (Å²) < 4.78 is 0. The molecule has 2 aromatic carbocycles. The SMILES string of the molecule is Cc1cc(N)c2cc(NC(=O)CCCCCC(=O)Nc3ccc4nc(C)cc(N)c4c3)ccc2n1.Cl.Cl. The van der Waals surface area contributed by atoms with Crippen LogP contribution in [0, 0.1) is 13.8 Å². The molecule has 0 bridgehead atoms. The number of aromatic nitrogens is 2. The molecule has 0 atom stereocenters. The summed E-state index contributed by atoms with van der Waals surface area (Å²) in [6.45, 7) is 3.79. The first kappa shape index (κ1) is 29.6. The van der Waals surface area contributed by atoms with Gasteiger partial charge in [0.15, 0.2) is 0 Å². The normalized spacial score (nSPS) is 10.4. The number of aryl methyl sites for hydroxylation is 2. The zero-order chi connectivity index (χ0) is 24.9. The van der Waals surface area contributed by atoms with Crippen molar-refractivity contribution in [2.45, 2.75) is 46.0 Å². The second-order valence-electron chi connectivity index (χ2n) is 8.83. The number of nitrogens with one attached hydrogen (secondary N) is 2. The largest absolute Gasteiger partial charge is 0.398 e. The van der Waals surface area contributed by atoms with Crippen LogP contribution in [0.2, 0.25) is 0 Å². The lowest BCUT2D eigenvalue weighted by Gasteiger charge is -2.09. The van der Waals surface area contributed by atoms with E-state index in [0.717, 1.165) is 39.6 Å². The number of benzene rings is 2. The number of anilines is 4. The molecule has 37 heavy (non-hydrogen) atoms. The molecule has 6 N–H and O–H groups in total. The van der Waals surface area contributed by atoms with Gasteiger partial charge < -0.3 is 22.1 Å². The summed E-state index contributed by atoms with van der Waals surface area (Å²) in [6, 6.07) is 14.7. The third-order valence-corrected chi connectivity index (χ3v) is 5.81. The van der Waals surface area contributed by atoms with E-state index in [2.05, 4.69) is 20.6 Å². The number of nitrogens with zero attached hydrogens (tertiary/aromatic N) is 2. The molecular formula is C27H32Cl2N6O2. The van der Waals surface area contributed by atoms with Crippen molar-refractivity contribution in [3.63, 3.8) is 0 Å². The van der Waals surface area contributed by atoms with E-state index in [9.17, 15) is 9.59 Å². The number of nitrogens with two attached hydrogens (primary N) is 2. The second kappa shape index (κ2) is 13.1. The molecule has 0 radical (unpaired) electrons. The van der Waals surface area contributed by atoms with E-state index >= 15 is 0 Å². The van der Waals surface area contributed by atoms with Gasteiger partial charge in [0.2, 0.25) is 11.8 Å². The highest BCUT2D eigenvalue weighted by molar-refractivity contribution is 5.98. The Kier molecular flexibility index (Phi) is 10.5. The van der Waals surface area contributed by atoms with Gasteiger partial charge in [-0.25, -0.2) is 0 Å². The number of carbonyl (C=O) groups excluding carboxylic acids is 2. The monoisotopic (exact) mass is 542 g/mol. The van der Waals surface area contributed by atoms with Gasteiger partial charge in [-0.1, -0.05) is 6.42 Å². The van der Waals surface area contributed by atoms with Crippen LogP contribution in [0.15, 0.2) is 48.5 Å². The molecule has 0 unspecified atom stereocenters. The van der Waals surface area contributed by atoms with Crippen LogP contribution in [0.1, 0.15) is 43.5 Å². The summed E-state index contributed by atoms with van der Waals surface area (Å²) in [7, 11) is 0. The van der Waals surface area contributed by atoms with E-state index in [4.69, 9.17) is 11.5 Å². The highest BCUT2D eigenvalue weighted by Gasteiger charge is 2.08. The van der Waals surface area contributed by atoms with Crippen LogP contribution in [-0.2, 0) is 9.59 Å². The van der Waals surface area contributed by atoms with E-state index in [1.807, 2.05) is 62.4 Å². The molecule has 2 aromatic heterocycles. The fourth-order valence-electron chi connectivity index (χ4n) is 4.13. The van der Waals surface area contributed by atoms with Crippen LogP contribution in [0.25, 0.3) is 21.8 Å². The van der Waals surface area contributed by atoms with Crippen LogP contribution in [-0.4, -0.2) is 21.8 Å². The van der Waals surface area contributed by atoms with E-state index in [0.29, 0.717) is 48.4 Å². The standard InChI is InChI=1S/C27H30N6O2.2ClH/c1-16-12-22(28)20-14-18(8-10-24(20)30-16)32-26(34)6-4-3-5-7-27(35)33-19-9-11-25-21(15-19)23(29)13-17(2)31-25;;/h8-15H,3-7H2,1-2H3,(H2,28,30)(H2,29,31)(H,32,34)(H,33,35);2*1H. The van der Waals surface area contributed by atoms with Gasteiger partial charge in [-0.2, -0.15) is 0 Å². The number of halogens is 2. The van der Waals surface area contributed by atoms with Gasteiger partial charge in [0, 0.05) is 57.8 Å². The van der Waals surface area contributed by atoms with Crippen molar-refractivity contribution in [3.8, 4) is 0 Å². The number of unbranched alkanes of at least 4 members (excludes halogenated alkanes) is 2. The minimum absolute atomic E-state index is 0. The third-order valence-electron chi connectivity index (χ3n) is 5.81. The molecule has 10 heteroatoms. The van der Waals surface area contributed by atoms with Gasteiger partial charge in [-0.05, 0) is 75.2 Å². The number of fused-ring (bicyclic) bond motifs is 2. The van der Waals surface area contributed by atoms with E-state index < -0.39 is 0 Å². The van der Waals surface area contributed by atoms with Crippen LogP contribution in [0.4, 0.5) is 22.7 Å². The molecule has 0 aliphatic carbocycles. The van der Waals surface area contributed by atoms with E-state index in [1.54, 1.807) is 0 Å². The van der Waals surface area contributed by atoms with Gasteiger partial charge in [-0.3, -0.25) is 19.6 Å². The number of pyridine rings is 2. The van der Waals surface area contributed by atoms with Crippen LogP contribution < -0.4 is 22.1 Å². The number of carbonyl (C=O) groups is 2. The lowest BCUT2D eigenvalue weighted by Crippen LogP contribution is -2.12. The molecule has 0 aliphatic heterocycles. The lowest BCUT2D eigenvalue weighted by atomic mass is 10.1. The maximum atomic E-state index is 12.3. The molecular weight excluding hydrogens is 511 g/mol. The van der Waals surface area contributed by atoms with Gasteiger partial charge in [0.25, 0.3) is 0 Å². The van der Waals surface area contributed by atoms with Crippen LogP contribution in [0.5, 0.6) is 0 Å². The number of hydrogen-bond acceptors (Lipinski definition) is 6. The van der Waals surface area contributed by atoms with Gasteiger partial charge in [0.05, 0.1) is 11.0 Å². The molecule has 196 valence electrons. The number of hydrogen-bond donors (Lipinski definition) is 4. The Bertz CT molecular complexity index is 1320. The Morgan fingerprint density at radius 3 is 1.49 bits per heavy atom. The minimum Gasteiger partial charge on any atom is -0.398 e. The topological polar surface area (TPSA) is 136 Å². The highest BCUT2D eigenvalue weighted by Crippen LogP contribution is 2.25. The summed E-state index contributed by atoms with van der Waals surface area (Å²) in [5.41, 5.74) is 18.2. The van der Waals surface area contributed by atoms with E-state index in [-0.39, 0.29) is 36.6 Å². The Morgan fingerprint density at radius 1 is 0.676 bits per heavy atom. The molecule has 8 nitrogen and oxygen atoms in total. The number of rotatable bonds is 8. The summed E-state index contributed by atoms with van der Waals surface area (Å²) in [6.07, 6.45) is 2.96. The molecule has 4 rings (SSSR count). The van der Waals surface area contributed by atoms with Gasteiger partial charge >= 0.3 is 0 Å². The zero-order valence-corrected chi connectivity index (χ0v) is 22.5. The number of nitrogen functional groups attached to an aromatic ring is 2. The molecule has 2 heterocycles.